The van der Waals surface area contributed by atoms with Crippen LogP contribution in [0.5, 0.6) is 5.75 Å². The van der Waals surface area contributed by atoms with Gasteiger partial charge in [0.2, 0.25) is 0 Å². The number of para-hydroxylation sites is 2. The quantitative estimate of drug-likeness (QED) is 0.414. The van der Waals surface area contributed by atoms with E-state index >= 15 is 0 Å². The fourth-order valence-electron chi connectivity index (χ4n) is 2.05. The van der Waals surface area contributed by atoms with E-state index in [1.54, 1.807) is 24.4 Å². The molecule has 0 aliphatic rings. The molecule has 0 heterocycles. The van der Waals surface area contributed by atoms with Crippen molar-refractivity contribution in [3.05, 3.63) is 36.0 Å². The monoisotopic (exact) mass is 315 g/mol. The van der Waals surface area contributed by atoms with Gasteiger partial charge in [-0.2, -0.15) is 5.26 Å². The lowest BCUT2D eigenvalue weighted by Crippen LogP contribution is -2.23. The number of hydrogen-bond acceptors (Lipinski definition) is 4. The highest BCUT2D eigenvalue weighted by molar-refractivity contribution is 6.07. The third-order valence-corrected chi connectivity index (χ3v) is 3.43. The van der Waals surface area contributed by atoms with E-state index < -0.39 is 5.91 Å². The number of nitriles is 1. The molecule has 0 aromatic heterocycles. The number of benzene rings is 1. The average molecular weight is 315 g/mol. The molecule has 0 spiro atoms. The summed E-state index contributed by atoms with van der Waals surface area (Å²) >= 11 is 0. The van der Waals surface area contributed by atoms with Crippen molar-refractivity contribution in [2.45, 2.75) is 39.5 Å². The Balaban J connectivity index is 2.83. The Morgan fingerprint density at radius 2 is 1.87 bits per heavy atom. The molecule has 0 aliphatic heterocycles. The molecule has 1 rings (SSSR count). The third-order valence-electron chi connectivity index (χ3n) is 3.43. The number of carbonyl (C=O) groups is 1. The summed E-state index contributed by atoms with van der Waals surface area (Å²) in [4.78, 5) is 14.3. The molecular formula is C18H25N3O2. The van der Waals surface area contributed by atoms with E-state index in [0.29, 0.717) is 5.69 Å². The molecule has 0 aliphatic carbocycles. The normalized spacial score (nSPS) is 10.9. The lowest BCUT2D eigenvalue weighted by atomic mass is 10.2. The minimum absolute atomic E-state index is 0.0213. The zero-order valence-electron chi connectivity index (χ0n) is 13.9. The number of aromatic hydroxyl groups is 1. The zero-order chi connectivity index (χ0) is 17.1. The van der Waals surface area contributed by atoms with Crippen molar-refractivity contribution in [2.75, 3.05) is 18.4 Å². The van der Waals surface area contributed by atoms with Crippen LogP contribution in [0.1, 0.15) is 39.5 Å². The number of anilines is 1. The highest BCUT2D eigenvalue weighted by Gasteiger charge is 2.13. The van der Waals surface area contributed by atoms with Gasteiger partial charge in [-0.15, -0.1) is 0 Å². The number of nitrogens with zero attached hydrogens (tertiary/aromatic N) is 2. The Hall–Kier alpha value is -2.48. The van der Waals surface area contributed by atoms with Crippen LogP contribution in [0.3, 0.4) is 0 Å². The number of unbranched alkanes of at least 4 members (excludes halogenated alkanes) is 2. The van der Waals surface area contributed by atoms with Crippen LogP contribution in [-0.4, -0.2) is 29.0 Å². The van der Waals surface area contributed by atoms with Crippen molar-refractivity contribution in [2.24, 2.45) is 0 Å². The lowest BCUT2D eigenvalue weighted by molar-refractivity contribution is -0.112. The Kier molecular flexibility index (Phi) is 8.30. The van der Waals surface area contributed by atoms with Crippen molar-refractivity contribution < 1.29 is 9.90 Å². The van der Waals surface area contributed by atoms with Gasteiger partial charge in [0.1, 0.15) is 17.4 Å². The number of rotatable bonds is 9. The van der Waals surface area contributed by atoms with Crippen LogP contribution in [0.2, 0.25) is 0 Å². The summed E-state index contributed by atoms with van der Waals surface area (Å²) in [6, 6.07) is 8.41. The molecule has 1 amide bonds. The van der Waals surface area contributed by atoms with E-state index in [1.807, 2.05) is 11.0 Å². The molecule has 0 saturated heterocycles. The first-order chi connectivity index (χ1) is 11.1. The Morgan fingerprint density at radius 3 is 2.39 bits per heavy atom. The minimum atomic E-state index is -0.507. The van der Waals surface area contributed by atoms with Crippen molar-refractivity contribution in [1.29, 1.82) is 5.26 Å². The van der Waals surface area contributed by atoms with Crippen LogP contribution in [0.4, 0.5) is 5.69 Å². The van der Waals surface area contributed by atoms with E-state index in [2.05, 4.69) is 19.2 Å². The Morgan fingerprint density at radius 1 is 1.26 bits per heavy atom. The van der Waals surface area contributed by atoms with Crippen LogP contribution in [-0.2, 0) is 4.79 Å². The van der Waals surface area contributed by atoms with Crippen molar-refractivity contribution in [3.8, 4) is 11.8 Å². The number of hydrogen-bond donors (Lipinski definition) is 2. The van der Waals surface area contributed by atoms with Gasteiger partial charge in [0.15, 0.2) is 0 Å². The number of phenols is 1. The molecule has 1 aromatic rings. The molecule has 5 heteroatoms. The summed E-state index contributed by atoms with van der Waals surface area (Å²) in [6.45, 7) is 5.87. The second-order valence-corrected chi connectivity index (χ2v) is 5.37. The maximum Gasteiger partial charge on any atom is 0.267 e. The largest absolute Gasteiger partial charge is 0.506 e. The number of carbonyl (C=O) groups excluding carboxylic acids is 1. The number of phenolic OH excluding ortho intramolecular Hbond substituents is 1. The molecule has 0 saturated carbocycles. The van der Waals surface area contributed by atoms with Gasteiger partial charge in [-0.25, -0.2) is 0 Å². The maximum absolute atomic E-state index is 12.2. The standard InChI is InChI=1S/C18H25N3O2/c1-3-5-11-21(12-6-4-2)14-15(13-19)18(23)20-16-9-7-8-10-17(16)22/h7-10,14,22H,3-6,11-12H2,1-2H3,(H,20,23)/b15-14-. The summed E-state index contributed by atoms with van der Waals surface area (Å²) in [5, 5.41) is 21.5. The van der Waals surface area contributed by atoms with Crippen LogP contribution >= 0.6 is 0 Å². The SMILES string of the molecule is CCCCN(/C=C(/C#N)C(=O)Nc1ccccc1O)CCCC. The van der Waals surface area contributed by atoms with E-state index in [1.165, 1.54) is 6.07 Å². The second kappa shape index (κ2) is 10.3. The van der Waals surface area contributed by atoms with E-state index in [0.717, 1.165) is 38.8 Å². The minimum Gasteiger partial charge on any atom is -0.506 e. The smallest absolute Gasteiger partial charge is 0.267 e. The molecule has 0 fully saturated rings. The van der Waals surface area contributed by atoms with Gasteiger partial charge in [0.25, 0.3) is 5.91 Å². The van der Waals surface area contributed by atoms with Crippen LogP contribution < -0.4 is 5.32 Å². The predicted molar refractivity (Wildman–Crippen MR) is 91.8 cm³/mol. The van der Waals surface area contributed by atoms with E-state index in [4.69, 9.17) is 0 Å². The Bertz CT molecular complexity index is 568. The number of nitrogens with one attached hydrogen (secondary N) is 1. The zero-order valence-corrected chi connectivity index (χ0v) is 13.9. The predicted octanol–water partition coefficient (Wildman–Crippen LogP) is 3.64. The van der Waals surface area contributed by atoms with Gasteiger partial charge in [0.05, 0.1) is 5.69 Å². The fraction of sp³-hybridized carbons (Fsp3) is 0.444. The Labute approximate surface area is 138 Å². The maximum atomic E-state index is 12.2. The number of amides is 1. The topological polar surface area (TPSA) is 76.4 Å². The van der Waals surface area contributed by atoms with Gasteiger partial charge in [-0.3, -0.25) is 4.79 Å². The molecule has 23 heavy (non-hydrogen) atoms. The molecule has 0 bridgehead atoms. The molecule has 1 aromatic carbocycles. The molecule has 0 radical (unpaired) electrons. The summed E-state index contributed by atoms with van der Waals surface area (Å²) in [5.41, 5.74) is 0.341. The second-order valence-electron chi connectivity index (χ2n) is 5.37. The van der Waals surface area contributed by atoms with Gasteiger partial charge in [-0.1, -0.05) is 38.8 Å². The first kappa shape index (κ1) is 18.6. The molecule has 0 unspecified atom stereocenters. The summed E-state index contributed by atoms with van der Waals surface area (Å²) in [7, 11) is 0. The summed E-state index contributed by atoms with van der Waals surface area (Å²) in [5.74, 6) is -0.529. The summed E-state index contributed by atoms with van der Waals surface area (Å²) in [6.07, 6.45) is 5.77. The van der Waals surface area contributed by atoms with Gasteiger partial charge in [0, 0.05) is 19.3 Å². The van der Waals surface area contributed by atoms with E-state index in [-0.39, 0.29) is 11.3 Å². The fourth-order valence-corrected chi connectivity index (χ4v) is 2.05. The summed E-state index contributed by atoms with van der Waals surface area (Å²) < 4.78 is 0. The van der Waals surface area contributed by atoms with E-state index in [9.17, 15) is 15.2 Å². The van der Waals surface area contributed by atoms with Crippen molar-refractivity contribution in [1.82, 2.24) is 4.90 Å². The molecule has 124 valence electrons. The molecular weight excluding hydrogens is 290 g/mol. The average Bonchev–Trinajstić information content (AvgIpc) is 2.56. The van der Waals surface area contributed by atoms with Gasteiger partial charge < -0.3 is 15.3 Å². The first-order valence-electron chi connectivity index (χ1n) is 8.07. The molecule has 0 atom stereocenters. The van der Waals surface area contributed by atoms with Crippen molar-refractivity contribution >= 4 is 11.6 Å². The van der Waals surface area contributed by atoms with Gasteiger partial charge >= 0.3 is 0 Å². The first-order valence-corrected chi connectivity index (χ1v) is 8.07. The third kappa shape index (κ3) is 6.43. The lowest BCUT2D eigenvalue weighted by Gasteiger charge is -2.20. The van der Waals surface area contributed by atoms with Crippen molar-refractivity contribution in [3.63, 3.8) is 0 Å². The van der Waals surface area contributed by atoms with Crippen LogP contribution in [0.15, 0.2) is 36.0 Å². The molecule has 5 nitrogen and oxygen atoms in total. The molecule has 2 N–H and O–H groups in total. The van der Waals surface area contributed by atoms with Crippen LogP contribution in [0, 0.1) is 11.3 Å². The van der Waals surface area contributed by atoms with Crippen LogP contribution in [0.25, 0.3) is 0 Å². The highest BCUT2D eigenvalue weighted by Crippen LogP contribution is 2.22. The highest BCUT2D eigenvalue weighted by atomic mass is 16.3. The van der Waals surface area contributed by atoms with Gasteiger partial charge in [-0.05, 0) is 25.0 Å².